The topological polar surface area (TPSA) is 108 Å². The summed E-state index contributed by atoms with van der Waals surface area (Å²) >= 11 is 0. The lowest BCUT2D eigenvalue weighted by Gasteiger charge is -2.37. The molecule has 60 heavy (non-hydrogen) atoms. The lowest BCUT2D eigenvalue weighted by Crippen LogP contribution is -2.34. The average Bonchev–Trinajstić information content (AvgIpc) is 3.23. The minimum Gasteiger partial charge on any atom is -0.493 e. The van der Waals surface area contributed by atoms with Crippen LogP contribution in [-0.4, -0.2) is 73.8 Å². The monoisotopic (exact) mass is 833 g/mol. The van der Waals surface area contributed by atoms with Crippen molar-refractivity contribution in [3.05, 3.63) is 118 Å². The van der Waals surface area contributed by atoms with Crippen LogP contribution in [0.1, 0.15) is 71.8 Å². The first-order valence-corrected chi connectivity index (χ1v) is 21.9. The second-order valence-electron chi connectivity index (χ2n) is 17.0. The van der Waals surface area contributed by atoms with Gasteiger partial charge in [-0.25, -0.2) is 8.42 Å². The zero-order valence-corrected chi connectivity index (χ0v) is 36.8. The highest BCUT2D eigenvalue weighted by Gasteiger charge is 2.36. The van der Waals surface area contributed by atoms with E-state index in [0.29, 0.717) is 63.7 Å². The number of likely N-dealkylation sites (N-methyl/N-ethyl adjacent to an activating group) is 2. The lowest BCUT2D eigenvalue weighted by molar-refractivity contribution is 0.220. The third kappa shape index (κ3) is 7.84. The number of sulfonamides is 1. The summed E-state index contributed by atoms with van der Waals surface area (Å²) in [4.78, 5) is 4.81. The minimum absolute atomic E-state index is 0.0862. The molecular formula is C48H55N3O8S. The average molecular weight is 834 g/mol. The Morgan fingerprint density at radius 1 is 0.667 bits per heavy atom. The summed E-state index contributed by atoms with van der Waals surface area (Å²) in [5.41, 5.74) is 7.47. The Balaban J connectivity index is 1.34. The molecule has 4 aliphatic rings. The van der Waals surface area contributed by atoms with Gasteiger partial charge in [0.1, 0.15) is 5.75 Å². The van der Waals surface area contributed by atoms with Gasteiger partial charge in [-0.1, -0.05) is 45.0 Å². The van der Waals surface area contributed by atoms with Crippen molar-refractivity contribution in [3.8, 4) is 46.0 Å². The van der Waals surface area contributed by atoms with Crippen molar-refractivity contribution in [2.75, 3.05) is 60.3 Å². The molecule has 0 radical (unpaired) electrons. The summed E-state index contributed by atoms with van der Waals surface area (Å²) in [6.07, 6.45) is 2.74. The van der Waals surface area contributed by atoms with Crippen molar-refractivity contribution in [3.63, 3.8) is 0 Å². The van der Waals surface area contributed by atoms with Crippen LogP contribution in [0.5, 0.6) is 46.0 Å². The van der Waals surface area contributed by atoms with E-state index in [1.165, 1.54) is 11.1 Å². The van der Waals surface area contributed by atoms with Gasteiger partial charge < -0.3 is 28.4 Å². The van der Waals surface area contributed by atoms with Gasteiger partial charge in [-0.15, -0.1) is 0 Å². The van der Waals surface area contributed by atoms with Crippen LogP contribution in [-0.2, 0) is 41.1 Å². The molecule has 0 spiro atoms. The molecule has 5 aromatic rings. The van der Waals surface area contributed by atoms with E-state index in [1.54, 1.807) is 46.6 Å². The zero-order chi connectivity index (χ0) is 42.5. The highest BCUT2D eigenvalue weighted by molar-refractivity contribution is 7.92. The Hall–Kier alpha value is -5.43. The Morgan fingerprint density at radius 2 is 1.28 bits per heavy atom. The summed E-state index contributed by atoms with van der Waals surface area (Å²) in [7, 11) is 6.67. The van der Waals surface area contributed by atoms with E-state index >= 15 is 0 Å². The first-order chi connectivity index (χ1) is 28.7. The van der Waals surface area contributed by atoms with Gasteiger partial charge in [0.05, 0.1) is 39.0 Å². The molecule has 0 unspecified atom stereocenters. The number of nitrogens with zero attached hydrogens (tertiary/aromatic N) is 2. The molecule has 12 heteroatoms. The fraction of sp³-hybridized carbons (Fsp3) is 0.375. The number of anilines is 1. The first kappa shape index (κ1) is 41.3. The van der Waals surface area contributed by atoms with E-state index in [-0.39, 0.29) is 22.4 Å². The van der Waals surface area contributed by atoms with Crippen LogP contribution in [0, 0.1) is 0 Å². The molecule has 2 atom stereocenters. The van der Waals surface area contributed by atoms with Crippen molar-refractivity contribution >= 4 is 15.7 Å². The van der Waals surface area contributed by atoms with Crippen LogP contribution >= 0.6 is 0 Å². The molecule has 5 aromatic carbocycles. The second-order valence-corrected chi connectivity index (χ2v) is 18.7. The molecule has 4 heterocycles. The van der Waals surface area contributed by atoms with Crippen LogP contribution in [0.3, 0.4) is 0 Å². The van der Waals surface area contributed by atoms with Gasteiger partial charge >= 0.3 is 0 Å². The summed E-state index contributed by atoms with van der Waals surface area (Å²) in [5.74, 6) is 4.19. The smallest absolute Gasteiger partial charge is 0.261 e. The largest absolute Gasteiger partial charge is 0.493 e. The van der Waals surface area contributed by atoms with E-state index in [9.17, 15) is 8.42 Å². The van der Waals surface area contributed by atoms with Crippen LogP contribution in [0.2, 0.25) is 0 Å². The summed E-state index contributed by atoms with van der Waals surface area (Å²) in [6.45, 7) is 7.93. The van der Waals surface area contributed by atoms with Gasteiger partial charge in [0.25, 0.3) is 10.0 Å². The summed E-state index contributed by atoms with van der Waals surface area (Å²) < 4.78 is 69.1. The Kier molecular flexibility index (Phi) is 11.2. The standard InChI is InChI=1S/C48H55N3O8S/c1-48(2,3)33-12-16-35(17-13-33)60(52,53)49-37-28-41(55-7)42-26-32(37)23-39-45-31(19-21-51(39)5)25-44(56-8)46(57-9)47(45)59-43-27-36-30(24-40(43)54-6)18-20-50(4)38(36)22-29-10-14-34(58-42)15-11-29/h10-17,24-28,38-39,49H,18-23H2,1-9H3/t38-,39-/m0/s1. The highest BCUT2D eigenvalue weighted by Crippen LogP contribution is 2.52. The van der Waals surface area contributed by atoms with E-state index < -0.39 is 10.0 Å². The van der Waals surface area contributed by atoms with Crippen LogP contribution in [0.4, 0.5) is 5.69 Å². The van der Waals surface area contributed by atoms with Crippen LogP contribution in [0.15, 0.2) is 83.8 Å². The van der Waals surface area contributed by atoms with Crippen molar-refractivity contribution in [1.82, 2.24) is 9.80 Å². The maximum atomic E-state index is 14.2. The molecular weight excluding hydrogens is 779 g/mol. The predicted molar refractivity (Wildman–Crippen MR) is 234 cm³/mol. The number of ether oxygens (including phenoxy) is 6. The minimum atomic E-state index is -4.04. The van der Waals surface area contributed by atoms with E-state index in [0.717, 1.165) is 54.6 Å². The number of hydrogen-bond acceptors (Lipinski definition) is 10. The Labute approximate surface area is 354 Å². The summed E-state index contributed by atoms with van der Waals surface area (Å²) in [6, 6.07) is 24.8. The molecule has 11 nitrogen and oxygen atoms in total. The summed E-state index contributed by atoms with van der Waals surface area (Å²) in [5, 5.41) is 0. The SMILES string of the molecule is COc1cc(NS(=O)(=O)c2ccc(C(C)(C)C)cc2)c2cc1Oc1ccc(cc1)C[C@H]1c3cc(c(OC)cc3CCN1C)Oc1c(OC)c(OC)cc3c1[C@H](C2)N(C)CC3. The predicted octanol–water partition coefficient (Wildman–Crippen LogP) is 9.26. The normalized spacial score (nSPS) is 17.9. The number of methoxy groups -OCH3 is 4. The van der Waals surface area contributed by atoms with Gasteiger partial charge in [-0.05, 0) is 127 Å². The van der Waals surface area contributed by atoms with Gasteiger partial charge in [-0.3, -0.25) is 14.5 Å². The van der Waals surface area contributed by atoms with Crippen molar-refractivity contribution in [2.45, 2.75) is 68.8 Å². The van der Waals surface area contributed by atoms with E-state index in [1.807, 2.05) is 36.4 Å². The van der Waals surface area contributed by atoms with Crippen molar-refractivity contribution in [2.24, 2.45) is 0 Å². The third-order valence-corrected chi connectivity index (χ3v) is 13.7. The molecule has 0 aromatic heterocycles. The molecule has 0 aliphatic carbocycles. The Morgan fingerprint density at radius 3 is 1.93 bits per heavy atom. The third-order valence-electron chi connectivity index (χ3n) is 12.3. The number of hydrogen-bond donors (Lipinski definition) is 1. The van der Waals surface area contributed by atoms with Crippen LogP contribution < -0.4 is 33.1 Å². The fourth-order valence-corrected chi connectivity index (χ4v) is 9.87. The second kappa shape index (κ2) is 16.2. The number of rotatable bonds is 7. The van der Waals surface area contributed by atoms with E-state index in [2.05, 4.69) is 73.7 Å². The molecule has 6 bridgehead atoms. The van der Waals surface area contributed by atoms with Crippen molar-refractivity contribution < 1.29 is 36.8 Å². The molecule has 4 aliphatic heterocycles. The number of fused-ring (bicyclic) bond motifs is 2. The lowest BCUT2D eigenvalue weighted by atomic mass is 9.87. The Bertz CT molecular complexity index is 2520. The molecule has 0 saturated carbocycles. The van der Waals surface area contributed by atoms with Gasteiger partial charge in [-0.2, -0.15) is 0 Å². The molecule has 9 rings (SSSR count). The maximum absolute atomic E-state index is 14.2. The maximum Gasteiger partial charge on any atom is 0.261 e. The van der Waals surface area contributed by atoms with E-state index in [4.69, 9.17) is 28.4 Å². The fourth-order valence-electron chi connectivity index (χ4n) is 8.78. The highest BCUT2D eigenvalue weighted by atomic mass is 32.2. The molecule has 0 amide bonds. The number of nitrogens with one attached hydrogen (secondary N) is 1. The molecule has 316 valence electrons. The van der Waals surface area contributed by atoms with Gasteiger partial charge in [0.15, 0.2) is 34.5 Å². The molecule has 0 fully saturated rings. The first-order valence-electron chi connectivity index (χ1n) is 20.4. The van der Waals surface area contributed by atoms with Gasteiger partial charge in [0, 0.05) is 36.8 Å². The quantitative estimate of drug-likeness (QED) is 0.171. The zero-order valence-electron chi connectivity index (χ0n) is 36.0. The number of benzene rings is 5. The van der Waals surface area contributed by atoms with Gasteiger partial charge in [0.2, 0.25) is 5.75 Å². The van der Waals surface area contributed by atoms with Crippen molar-refractivity contribution in [1.29, 1.82) is 0 Å². The molecule has 0 saturated heterocycles. The van der Waals surface area contributed by atoms with Crippen LogP contribution in [0.25, 0.3) is 0 Å². The molecule has 1 N–H and O–H groups in total.